The van der Waals surface area contributed by atoms with Gasteiger partial charge >= 0.3 is 0 Å². The molecule has 0 heterocycles. The first-order valence-electron chi connectivity index (χ1n) is 8.95. The van der Waals surface area contributed by atoms with Gasteiger partial charge in [0.1, 0.15) is 0 Å². The number of aryl methyl sites for hydroxylation is 3. The molecule has 0 aromatic heterocycles. The molecular formula is C25H23N. The first-order chi connectivity index (χ1) is 12.6. The van der Waals surface area contributed by atoms with Crippen LogP contribution in [0, 0.1) is 25.2 Å². The van der Waals surface area contributed by atoms with Gasteiger partial charge in [-0.1, -0.05) is 68.1 Å². The van der Waals surface area contributed by atoms with Gasteiger partial charge in [0.2, 0.25) is 0 Å². The largest absolute Gasteiger partial charge is 0.192 e. The van der Waals surface area contributed by atoms with Crippen molar-refractivity contribution in [1.82, 2.24) is 0 Å². The van der Waals surface area contributed by atoms with E-state index >= 15 is 0 Å². The fourth-order valence-corrected chi connectivity index (χ4v) is 3.51. The molecule has 0 aliphatic heterocycles. The molecule has 0 unspecified atom stereocenters. The van der Waals surface area contributed by atoms with E-state index in [0.29, 0.717) is 0 Å². The SMILES string of the molecule is C=Cc1ccc(-c2c(C)cccc2-c2ccc(CC)c(C#N)c2)cc1C. The van der Waals surface area contributed by atoms with Gasteiger partial charge in [-0.2, -0.15) is 5.26 Å². The van der Waals surface area contributed by atoms with Crippen molar-refractivity contribution in [3.05, 3.63) is 89.0 Å². The highest BCUT2D eigenvalue weighted by molar-refractivity contribution is 5.86. The summed E-state index contributed by atoms with van der Waals surface area (Å²) in [6.07, 6.45) is 2.76. The van der Waals surface area contributed by atoms with Crippen molar-refractivity contribution < 1.29 is 0 Å². The van der Waals surface area contributed by atoms with E-state index in [0.717, 1.165) is 34.2 Å². The van der Waals surface area contributed by atoms with Crippen LogP contribution < -0.4 is 0 Å². The summed E-state index contributed by atoms with van der Waals surface area (Å²) in [5, 5.41) is 9.50. The summed E-state index contributed by atoms with van der Waals surface area (Å²) in [7, 11) is 0. The van der Waals surface area contributed by atoms with E-state index < -0.39 is 0 Å². The predicted molar refractivity (Wildman–Crippen MR) is 111 cm³/mol. The standard InChI is InChI=1S/C25H23N/c1-5-19-10-13-22(14-18(19)4)25-17(3)8-7-9-24(25)21-12-11-20(6-2)23(15-21)16-26/h5,7-15H,1,6H2,2-4H3. The Kier molecular flexibility index (Phi) is 5.05. The van der Waals surface area contributed by atoms with Gasteiger partial charge in [-0.25, -0.2) is 0 Å². The van der Waals surface area contributed by atoms with Crippen molar-refractivity contribution in [2.75, 3.05) is 0 Å². The van der Waals surface area contributed by atoms with Crippen molar-refractivity contribution in [2.45, 2.75) is 27.2 Å². The van der Waals surface area contributed by atoms with E-state index in [9.17, 15) is 5.26 Å². The lowest BCUT2D eigenvalue weighted by molar-refractivity contribution is 1.13. The monoisotopic (exact) mass is 337 g/mol. The second kappa shape index (κ2) is 7.42. The molecule has 1 heteroatoms. The first-order valence-corrected chi connectivity index (χ1v) is 8.95. The van der Waals surface area contributed by atoms with E-state index in [1.807, 2.05) is 12.1 Å². The fraction of sp³-hybridized carbons (Fsp3) is 0.160. The normalized spacial score (nSPS) is 10.4. The molecule has 0 aliphatic carbocycles. The van der Waals surface area contributed by atoms with Gasteiger partial charge in [-0.05, 0) is 70.8 Å². The molecule has 1 nitrogen and oxygen atoms in total. The smallest absolute Gasteiger partial charge is 0.0994 e. The molecule has 0 aliphatic rings. The second-order valence-electron chi connectivity index (χ2n) is 6.61. The van der Waals surface area contributed by atoms with E-state index in [-0.39, 0.29) is 0 Å². The van der Waals surface area contributed by atoms with Crippen LogP contribution in [0.2, 0.25) is 0 Å². The van der Waals surface area contributed by atoms with Gasteiger partial charge in [-0.15, -0.1) is 0 Å². The maximum absolute atomic E-state index is 9.50. The number of rotatable bonds is 4. The molecule has 26 heavy (non-hydrogen) atoms. The van der Waals surface area contributed by atoms with Crippen LogP contribution in [0.4, 0.5) is 0 Å². The van der Waals surface area contributed by atoms with Gasteiger partial charge in [0.05, 0.1) is 11.6 Å². The third-order valence-electron chi connectivity index (χ3n) is 4.97. The van der Waals surface area contributed by atoms with Crippen LogP contribution >= 0.6 is 0 Å². The first kappa shape index (κ1) is 17.7. The Bertz CT molecular complexity index is 1020. The average Bonchev–Trinajstić information content (AvgIpc) is 2.67. The quantitative estimate of drug-likeness (QED) is 0.518. The molecule has 0 N–H and O–H groups in total. The third-order valence-corrected chi connectivity index (χ3v) is 4.97. The molecule has 3 aromatic rings. The summed E-state index contributed by atoms with van der Waals surface area (Å²) in [5.74, 6) is 0. The van der Waals surface area contributed by atoms with Gasteiger partial charge in [0.25, 0.3) is 0 Å². The van der Waals surface area contributed by atoms with Crippen LogP contribution in [0.15, 0.2) is 61.2 Å². The molecule has 0 radical (unpaired) electrons. The lowest BCUT2D eigenvalue weighted by Gasteiger charge is -2.15. The van der Waals surface area contributed by atoms with Crippen molar-refractivity contribution in [1.29, 1.82) is 5.26 Å². The van der Waals surface area contributed by atoms with Gasteiger partial charge in [0, 0.05) is 0 Å². The number of nitriles is 1. The van der Waals surface area contributed by atoms with Gasteiger partial charge in [0.15, 0.2) is 0 Å². The van der Waals surface area contributed by atoms with Crippen LogP contribution in [0.25, 0.3) is 28.3 Å². The lowest BCUT2D eigenvalue weighted by atomic mass is 9.88. The Balaban J connectivity index is 2.22. The molecule has 0 spiro atoms. The zero-order chi connectivity index (χ0) is 18.7. The Labute approximate surface area is 156 Å². The Hall–Kier alpha value is -3.11. The summed E-state index contributed by atoms with van der Waals surface area (Å²) >= 11 is 0. The van der Waals surface area contributed by atoms with E-state index in [1.54, 1.807) is 0 Å². The maximum Gasteiger partial charge on any atom is 0.0994 e. The number of nitrogens with zero attached hydrogens (tertiary/aromatic N) is 1. The predicted octanol–water partition coefficient (Wildman–Crippen LogP) is 6.71. The molecule has 0 amide bonds. The van der Waals surface area contributed by atoms with Gasteiger partial charge in [-0.3, -0.25) is 0 Å². The number of hydrogen-bond donors (Lipinski definition) is 0. The zero-order valence-electron chi connectivity index (χ0n) is 15.6. The van der Waals surface area contributed by atoms with Crippen LogP contribution in [0.3, 0.4) is 0 Å². The van der Waals surface area contributed by atoms with E-state index in [4.69, 9.17) is 0 Å². The highest BCUT2D eigenvalue weighted by Gasteiger charge is 2.12. The van der Waals surface area contributed by atoms with Crippen LogP contribution in [0.1, 0.15) is 34.7 Å². The number of benzene rings is 3. The molecular weight excluding hydrogens is 314 g/mol. The van der Waals surface area contributed by atoms with Crippen molar-refractivity contribution in [3.63, 3.8) is 0 Å². The summed E-state index contributed by atoms with van der Waals surface area (Å²) < 4.78 is 0. The molecule has 3 rings (SSSR count). The number of hydrogen-bond acceptors (Lipinski definition) is 1. The summed E-state index contributed by atoms with van der Waals surface area (Å²) in [6, 6.07) is 21.4. The zero-order valence-corrected chi connectivity index (χ0v) is 15.6. The minimum Gasteiger partial charge on any atom is -0.192 e. The van der Waals surface area contributed by atoms with Crippen LogP contribution in [-0.4, -0.2) is 0 Å². The topological polar surface area (TPSA) is 23.8 Å². The highest BCUT2D eigenvalue weighted by atomic mass is 14.2. The van der Waals surface area contributed by atoms with Crippen molar-refractivity contribution in [2.24, 2.45) is 0 Å². The maximum atomic E-state index is 9.50. The molecule has 128 valence electrons. The van der Waals surface area contributed by atoms with Gasteiger partial charge < -0.3 is 0 Å². The third kappa shape index (κ3) is 3.19. The van der Waals surface area contributed by atoms with Crippen molar-refractivity contribution >= 4 is 6.08 Å². The van der Waals surface area contributed by atoms with Crippen LogP contribution in [-0.2, 0) is 6.42 Å². The molecule has 0 fully saturated rings. The molecule has 3 aromatic carbocycles. The van der Waals surface area contributed by atoms with E-state index in [2.05, 4.69) is 82.0 Å². The average molecular weight is 337 g/mol. The van der Waals surface area contributed by atoms with Crippen molar-refractivity contribution in [3.8, 4) is 28.3 Å². The molecule has 0 atom stereocenters. The summed E-state index contributed by atoms with van der Waals surface area (Å²) in [5.41, 5.74) is 10.1. The summed E-state index contributed by atoms with van der Waals surface area (Å²) in [4.78, 5) is 0. The second-order valence-corrected chi connectivity index (χ2v) is 6.61. The summed E-state index contributed by atoms with van der Waals surface area (Å²) in [6.45, 7) is 10.2. The molecule has 0 bridgehead atoms. The van der Waals surface area contributed by atoms with E-state index in [1.165, 1.54) is 22.3 Å². The Morgan fingerprint density at radius 2 is 1.73 bits per heavy atom. The fourth-order valence-electron chi connectivity index (χ4n) is 3.51. The lowest BCUT2D eigenvalue weighted by Crippen LogP contribution is -1.93. The Morgan fingerprint density at radius 1 is 0.962 bits per heavy atom. The minimum atomic E-state index is 0.760. The Morgan fingerprint density at radius 3 is 2.38 bits per heavy atom. The van der Waals surface area contributed by atoms with Crippen LogP contribution in [0.5, 0.6) is 0 Å². The molecule has 0 saturated heterocycles. The highest BCUT2D eigenvalue weighted by Crippen LogP contribution is 2.36. The molecule has 0 saturated carbocycles. The minimum absolute atomic E-state index is 0.760.